The van der Waals surface area contributed by atoms with Gasteiger partial charge in [0.05, 0.1) is 5.56 Å². The second-order valence-electron chi connectivity index (χ2n) is 4.30. The highest BCUT2D eigenvalue weighted by Crippen LogP contribution is 2.29. The molecule has 3 nitrogen and oxygen atoms in total. The van der Waals surface area contributed by atoms with Crippen molar-refractivity contribution in [2.24, 2.45) is 0 Å². The van der Waals surface area contributed by atoms with Crippen molar-refractivity contribution in [3.05, 3.63) is 58.9 Å². The molecule has 0 aliphatic heterocycles. The van der Waals surface area contributed by atoms with E-state index in [1.807, 2.05) is 0 Å². The minimum atomic E-state index is -0.985. The van der Waals surface area contributed by atoms with E-state index in [0.717, 1.165) is 0 Å². The molecule has 2 aromatic carbocycles. The van der Waals surface area contributed by atoms with Gasteiger partial charge in [0.15, 0.2) is 0 Å². The lowest BCUT2D eigenvalue weighted by Crippen LogP contribution is -1.96. The number of hydrogen-bond acceptors (Lipinski definition) is 2. The van der Waals surface area contributed by atoms with Gasteiger partial charge in [-0.2, -0.15) is 0 Å². The number of benzene rings is 2. The van der Waals surface area contributed by atoms with Crippen LogP contribution < -0.4 is 4.74 Å². The molecule has 2 aromatic rings. The summed E-state index contributed by atoms with van der Waals surface area (Å²) in [4.78, 5) is 10.7. The van der Waals surface area contributed by atoms with Gasteiger partial charge in [0.1, 0.15) is 17.3 Å². The standard InChI is InChI=1S/C15H13FO3/c1-9-7-12(16)8-10(2)14(9)19-13-5-3-11(4-6-13)15(17)18/h3-8H,1-2H3,(H,17,18). The predicted octanol–water partition coefficient (Wildman–Crippen LogP) is 3.93. The molecule has 0 unspecified atom stereocenters. The van der Waals surface area contributed by atoms with Crippen LogP contribution in [0.15, 0.2) is 36.4 Å². The molecule has 0 aromatic heterocycles. The second-order valence-corrected chi connectivity index (χ2v) is 4.30. The lowest BCUT2D eigenvalue weighted by Gasteiger charge is -2.12. The number of aryl methyl sites for hydroxylation is 2. The Hall–Kier alpha value is -2.36. The summed E-state index contributed by atoms with van der Waals surface area (Å²) >= 11 is 0. The van der Waals surface area contributed by atoms with Gasteiger partial charge in [-0.3, -0.25) is 0 Å². The Labute approximate surface area is 110 Å². The van der Waals surface area contributed by atoms with E-state index >= 15 is 0 Å². The lowest BCUT2D eigenvalue weighted by molar-refractivity contribution is 0.0697. The van der Waals surface area contributed by atoms with Crippen LogP contribution in [-0.4, -0.2) is 11.1 Å². The molecule has 19 heavy (non-hydrogen) atoms. The Morgan fingerprint density at radius 1 is 1.11 bits per heavy atom. The minimum Gasteiger partial charge on any atom is -0.478 e. The quantitative estimate of drug-likeness (QED) is 0.909. The average Bonchev–Trinajstić information content (AvgIpc) is 2.34. The lowest BCUT2D eigenvalue weighted by atomic mass is 10.1. The predicted molar refractivity (Wildman–Crippen MR) is 69.3 cm³/mol. The van der Waals surface area contributed by atoms with Gasteiger partial charge in [0, 0.05) is 0 Å². The van der Waals surface area contributed by atoms with E-state index in [1.165, 1.54) is 24.3 Å². The molecule has 98 valence electrons. The maximum absolute atomic E-state index is 13.2. The fourth-order valence-electron chi connectivity index (χ4n) is 1.84. The second kappa shape index (κ2) is 5.10. The third kappa shape index (κ3) is 2.91. The van der Waals surface area contributed by atoms with Crippen molar-refractivity contribution in [2.45, 2.75) is 13.8 Å². The Bertz CT molecular complexity index is 595. The van der Waals surface area contributed by atoms with Crippen LogP contribution in [0.3, 0.4) is 0 Å². The molecule has 1 N–H and O–H groups in total. The van der Waals surface area contributed by atoms with E-state index in [1.54, 1.807) is 26.0 Å². The Balaban J connectivity index is 2.29. The molecular formula is C15H13FO3. The van der Waals surface area contributed by atoms with Gasteiger partial charge in [-0.1, -0.05) is 0 Å². The van der Waals surface area contributed by atoms with Crippen LogP contribution in [0.1, 0.15) is 21.5 Å². The van der Waals surface area contributed by atoms with Crippen molar-refractivity contribution in [3.8, 4) is 11.5 Å². The number of rotatable bonds is 3. The molecule has 0 bridgehead atoms. The summed E-state index contributed by atoms with van der Waals surface area (Å²) in [5.74, 6) is -0.184. The number of carboxylic acids is 1. The summed E-state index contributed by atoms with van der Waals surface area (Å²) in [6, 6.07) is 8.87. The Morgan fingerprint density at radius 3 is 2.11 bits per heavy atom. The third-order valence-electron chi connectivity index (χ3n) is 2.75. The molecule has 0 spiro atoms. The summed E-state index contributed by atoms with van der Waals surface area (Å²) < 4.78 is 18.8. The first kappa shape index (κ1) is 13.1. The smallest absolute Gasteiger partial charge is 0.335 e. The molecule has 0 heterocycles. The van der Waals surface area contributed by atoms with E-state index in [9.17, 15) is 9.18 Å². The van der Waals surface area contributed by atoms with Gasteiger partial charge in [-0.05, 0) is 61.4 Å². The van der Waals surface area contributed by atoms with Gasteiger partial charge >= 0.3 is 5.97 Å². The van der Waals surface area contributed by atoms with Gasteiger partial charge < -0.3 is 9.84 Å². The first-order chi connectivity index (χ1) is 8.97. The molecule has 0 atom stereocenters. The van der Waals surface area contributed by atoms with Crippen molar-refractivity contribution in [1.82, 2.24) is 0 Å². The van der Waals surface area contributed by atoms with Crippen LogP contribution in [0.5, 0.6) is 11.5 Å². The summed E-state index contributed by atoms with van der Waals surface area (Å²) in [5.41, 5.74) is 1.58. The average molecular weight is 260 g/mol. The fraction of sp³-hybridized carbons (Fsp3) is 0.133. The van der Waals surface area contributed by atoms with Crippen LogP contribution in [0.4, 0.5) is 4.39 Å². The topological polar surface area (TPSA) is 46.5 Å². The maximum atomic E-state index is 13.2. The fourth-order valence-corrected chi connectivity index (χ4v) is 1.84. The van der Waals surface area contributed by atoms with E-state index < -0.39 is 5.97 Å². The zero-order valence-corrected chi connectivity index (χ0v) is 10.6. The molecule has 4 heteroatoms. The zero-order chi connectivity index (χ0) is 14.0. The normalized spacial score (nSPS) is 10.3. The van der Waals surface area contributed by atoms with E-state index in [0.29, 0.717) is 22.6 Å². The first-order valence-corrected chi connectivity index (χ1v) is 5.75. The van der Waals surface area contributed by atoms with Crippen LogP contribution in [-0.2, 0) is 0 Å². The molecular weight excluding hydrogens is 247 g/mol. The third-order valence-corrected chi connectivity index (χ3v) is 2.75. The highest BCUT2D eigenvalue weighted by molar-refractivity contribution is 5.87. The van der Waals surface area contributed by atoms with E-state index in [-0.39, 0.29) is 11.4 Å². The van der Waals surface area contributed by atoms with Crippen molar-refractivity contribution < 1.29 is 19.0 Å². The number of hydrogen-bond donors (Lipinski definition) is 1. The monoisotopic (exact) mass is 260 g/mol. The number of carboxylic acid groups (broad SMARTS) is 1. The van der Waals surface area contributed by atoms with E-state index in [4.69, 9.17) is 9.84 Å². The van der Waals surface area contributed by atoms with Crippen LogP contribution in [0.25, 0.3) is 0 Å². The molecule has 0 aliphatic carbocycles. The van der Waals surface area contributed by atoms with Crippen molar-refractivity contribution in [1.29, 1.82) is 0 Å². The highest BCUT2D eigenvalue weighted by Gasteiger charge is 2.08. The number of halogens is 1. The summed E-state index contributed by atoms with van der Waals surface area (Å²) in [6.07, 6.45) is 0. The number of carbonyl (C=O) groups is 1. The van der Waals surface area contributed by atoms with Crippen molar-refractivity contribution >= 4 is 5.97 Å². The molecule has 0 saturated carbocycles. The van der Waals surface area contributed by atoms with Gasteiger partial charge in [-0.25, -0.2) is 9.18 Å². The van der Waals surface area contributed by atoms with Gasteiger partial charge in [-0.15, -0.1) is 0 Å². The van der Waals surface area contributed by atoms with E-state index in [2.05, 4.69) is 0 Å². The van der Waals surface area contributed by atoms with Gasteiger partial charge in [0.2, 0.25) is 0 Å². The molecule has 0 aliphatic rings. The zero-order valence-electron chi connectivity index (χ0n) is 10.6. The first-order valence-electron chi connectivity index (χ1n) is 5.75. The SMILES string of the molecule is Cc1cc(F)cc(C)c1Oc1ccc(C(=O)O)cc1. The minimum absolute atomic E-state index is 0.194. The summed E-state index contributed by atoms with van der Waals surface area (Å²) in [7, 11) is 0. The number of aromatic carboxylic acids is 1. The van der Waals surface area contributed by atoms with Gasteiger partial charge in [0.25, 0.3) is 0 Å². The van der Waals surface area contributed by atoms with Crippen LogP contribution in [0, 0.1) is 19.7 Å². The molecule has 0 amide bonds. The van der Waals surface area contributed by atoms with Crippen LogP contribution >= 0.6 is 0 Å². The summed E-state index contributed by atoms with van der Waals surface area (Å²) in [5, 5.41) is 8.80. The summed E-state index contributed by atoms with van der Waals surface area (Å²) in [6.45, 7) is 3.52. The van der Waals surface area contributed by atoms with Crippen molar-refractivity contribution in [3.63, 3.8) is 0 Å². The Morgan fingerprint density at radius 2 is 1.63 bits per heavy atom. The Kier molecular flexibility index (Phi) is 3.51. The molecule has 2 rings (SSSR count). The van der Waals surface area contributed by atoms with Crippen LogP contribution in [0.2, 0.25) is 0 Å². The maximum Gasteiger partial charge on any atom is 0.335 e. The molecule has 0 radical (unpaired) electrons. The molecule has 0 saturated heterocycles. The highest BCUT2D eigenvalue weighted by atomic mass is 19.1. The number of ether oxygens (including phenoxy) is 1. The molecule has 0 fully saturated rings. The largest absolute Gasteiger partial charge is 0.478 e. The van der Waals surface area contributed by atoms with Crippen molar-refractivity contribution in [2.75, 3.05) is 0 Å².